The third-order valence-corrected chi connectivity index (χ3v) is 3.65. The molecule has 0 bridgehead atoms. The lowest BCUT2D eigenvalue weighted by Crippen LogP contribution is -2.26. The molecule has 1 amide bonds. The summed E-state index contributed by atoms with van der Waals surface area (Å²) in [6.45, 7) is 0.677. The molecule has 0 aliphatic heterocycles. The molecule has 0 spiro atoms. The number of hydrogen-bond acceptors (Lipinski definition) is 2. The van der Waals surface area contributed by atoms with Gasteiger partial charge in [0.25, 0.3) is 0 Å². The lowest BCUT2D eigenvalue weighted by Gasteiger charge is -2.03. The SMILES string of the molecule is O=C(NCCc1c[nH]c2ccc(Br)nc12)C1CC1. The molecule has 5 heteroatoms. The van der Waals surface area contributed by atoms with Crippen LogP contribution in [0.4, 0.5) is 0 Å². The van der Waals surface area contributed by atoms with Crippen molar-refractivity contribution in [1.29, 1.82) is 0 Å². The van der Waals surface area contributed by atoms with Crippen molar-refractivity contribution < 1.29 is 4.79 Å². The van der Waals surface area contributed by atoms with Crippen molar-refractivity contribution in [3.8, 4) is 0 Å². The van der Waals surface area contributed by atoms with Gasteiger partial charge in [0.2, 0.25) is 5.91 Å². The van der Waals surface area contributed by atoms with Crippen LogP contribution < -0.4 is 5.32 Å². The number of carbonyl (C=O) groups excluding carboxylic acids is 1. The largest absolute Gasteiger partial charge is 0.360 e. The number of fused-ring (bicyclic) bond motifs is 1. The molecule has 2 N–H and O–H groups in total. The van der Waals surface area contributed by atoms with Crippen molar-refractivity contribution in [2.75, 3.05) is 6.54 Å². The predicted octanol–water partition coefficient (Wildman–Crippen LogP) is 2.39. The quantitative estimate of drug-likeness (QED) is 0.852. The first-order valence-electron chi connectivity index (χ1n) is 6.14. The van der Waals surface area contributed by atoms with Gasteiger partial charge in [0.05, 0.1) is 11.0 Å². The van der Waals surface area contributed by atoms with Gasteiger partial charge in [-0.3, -0.25) is 4.79 Å². The molecule has 1 aliphatic carbocycles. The zero-order valence-electron chi connectivity index (χ0n) is 9.87. The molecule has 2 aromatic heterocycles. The minimum atomic E-state index is 0.198. The predicted molar refractivity (Wildman–Crippen MR) is 73.2 cm³/mol. The van der Waals surface area contributed by atoms with Crippen molar-refractivity contribution in [3.63, 3.8) is 0 Å². The molecule has 94 valence electrons. The minimum Gasteiger partial charge on any atom is -0.360 e. The maximum absolute atomic E-state index is 11.5. The Kier molecular flexibility index (Phi) is 3.07. The Morgan fingerprint density at radius 3 is 3.11 bits per heavy atom. The average molecular weight is 308 g/mol. The highest BCUT2D eigenvalue weighted by molar-refractivity contribution is 9.10. The molecule has 0 saturated heterocycles. The fourth-order valence-electron chi connectivity index (χ4n) is 2.03. The number of hydrogen-bond donors (Lipinski definition) is 2. The summed E-state index contributed by atoms with van der Waals surface area (Å²) in [4.78, 5) is 19.2. The Morgan fingerprint density at radius 2 is 2.33 bits per heavy atom. The molecule has 3 rings (SSSR count). The summed E-state index contributed by atoms with van der Waals surface area (Å²) >= 11 is 3.38. The normalized spacial score (nSPS) is 14.9. The molecule has 2 heterocycles. The third-order valence-electron chi connectivity index (χ3n) is 3.21. The molecule has 1 aliphatic rings. The van der Waals surface area contributed by atoms with E-state index >= 15 is 0 Å². The molecule has 0 atom stereocenters. The standard InChI is InChI=1S/C13H14BrN3O/c14-11-4-3-10-12(17-11)9(7-16-10)5-6-15-13(18)8-1-2-8/h3-4,7-8,16H,1-2,5-6H2,(H,15,18). The van der Waals surface area contributed by atoms with Gasteiger partial charge in [-0.25, -0.2) is 4.98 Å². The fraction of sp³-hybridized carbons (Fsp3) is 0.385. The van der Waals surface area contributed by atoms with E-state index in [9.17, 15) is 4.79 Å². The van der Waals surface area contributed by atoms with E-state index in [-0.39, 0.29) is 11.8 Å². The molecular formula is C13H14BrN3O. The van der Waals surface area contributed by atoms with Gasteiger partial charge in [-0.05, 0) is 52.9 Å². The maximum atomic E-state index is 11.5. The van der Waals surface area contributed by atoms with Crippen LogP contribution in [0.5, 0.6) is 0 Å². The van der Waals surface area contributed by atoms with Gasteiger partial charge in [0.15, 0.2) is 0 Å². The summed E-state index contributed by atoms with van der Waals surface area (Å²) in [7, 11) is 0. The molecule has 0 unspecified atom stereocenters. The van der Waals surface area contributed by atoms with Crippen molar-refractivity contribution >= 4 is 32.9 Å². The van der Waals surface area contributed by atoms with Gasteiger partial charge in [-0.15, -0.1) is 0 Å². The number of amides is 1. The van der Waals surface area contributed by atoms with E-state index < -0.39 is 0 Å². The lowest BCUT2D eigenvalue weighted by molar-refractivity contribution is -0.122. The van der Waals surface area contributed by atoms with E-state index in [0.717, 1.165) is 40.5 Å². The first-order chi connectivity index (χ1) is 8.74. The summed E-state index contributed by atoms with van der Waals surface area (Å²) in [5.74, 6) is 0.476. The Morgan fingerprint density at radius 1 is 1.50 bits per heavy atom. The molecule has 1 saturated carbocycles. The second kappa shape index (κ2) is 4.72. The summed E-state index contributed by atoms with van der Waals surface area (Å²) in [6.07, 6.45) is 4.87. The molecule has 2 aromatic rings. The second-order valence-corrected chi connectivity index (χ2v) is 5.47. The van der Waals surface area contributed by atoms with E-state index in [1.807, 2.05) is 18.3 Å². The van der Waals surface area contributed by atoms with E-state index in [1.54, 1.807) is 0 Å². The highest BCUT2D eigenvalue weighted by atomic mass is 79.9. The van der Waals surface area contributed by atoms with Gasteiger partial charge in [0, 0.05) is 18.7 Å². The highest BCUT2D eigenvalue weighted by Crippen LogP contribution is 2.28. The van der Waals surface area contributed by atoms with Crippen molar-refractivity contribution in [2.45, 2.75) is 19.3 Å². The van der Waals surface area contributed by atoms with E-state index in [2.05, 4.69) is 31.2 Å². The van der Waals surface area contributed by atoms with Crippen molar-refractivity contribution in [2.24, 2.45) is 5.92 Å². The first-order valence-corrected chi connectivity index (χ1v) is 6.93. The molecular weight excluding hydrogens is 294 g/mol. The van der Waals surface area contributed by atoms with Gasteiger partial charge >= 0.3 is 0 Å². The molecule has 1 fully saturated rings. The molecule has 0 radical (unpaired) electrons. The number of H-pyrrole nitrogens is 1. The van der Waals surface area contributed by atoms with Crippen molar-refractivity contribution in [3.05, 3.63) is 28.5 Å². The zero-order valence-corrected chi connectivity index (χ0v) is 11.5. The average Bonchev–Trinajstić information content (AvgIpc) is 3.13. The van der Waals surface area contributed by atoms with E-state index in [4.69, 9.17) is 0 Å². The number of aromatic amines is 1. The summed E-state index contributed by atoms with van der Waals surface area (Å²) in [6, 6.07) is 3.91. The fourth-order valence-corrected chi connectivity index (χ4v) is 2.34. The Balaban J connectivity index is 1.66. The van der Waals surface area contributed by atoms with Crippen molar-refractivity contribution in [1.82, 2.24) is 15.3 Å². The van der Waals surface area contributed by atoms with Gasteiger partial charge in [-0.2, -0.15) is 0 Å². The monoisotopic (exact) mass is 307 g/mol. The lowest BCUT2D eigenvalue weighted by atomic mass is 10.2. The Hall–Kier alpha value is -1.36. The zero-order chi connectivity index (χ0) is 12.5. The van der Waals surface area contributed by atoms with Crippen LogP contribution >= 0.6 is 15.9 Å². The number of aromatic nitrogens is 2. The van der Waals surface area contributed by atoms with E-state index in [1.165, 1.54) is 0 Å². The molecule has 0 aromatic carbocycles. The van der Waals surface area contributed by atoms with Gasteiger partial charge in [-0.1, -0.05) is 0 Å². The minimum absolute atomic E-state index is 0.198. The summed E-state index contributed by atoms with van der Waals surface area (Å²) < 4.78 is 0.831. The number of pyridine rings is 1. The maximum Gasteiger partial charge on any atom is 0.223 e. The van der Waals surface area contributed by atoms with Crippen LogP contribution in [0.15, 0.2) is 22.9 Å². The van der Waals surface area contributed by atoms with E-state index in [0.29, 0.717) is 6.54 Å². The van der Waals surface area contributed by atoms with Gasteiger partial charge < -0.3 is 10.3 Å². The third kappa shape index (κ3) is 2.41. The summed E-state index contributed by atoms with van der Waals surface area (Å²) in [5.41, 5.74) is 3.15. The number of carbonyl (C=O) groups is 1. The molecule has 18 heavy (non-hydrogen) atoms. The smallest absolute Gasteiger partial charge is 0.223 e. The van der Waals surface area contributed by atoms with Gasteiger partial charge in [0.1, 0.15) is 4.60 Å². The summed E-state index contributed by atoms with van der Waals surface area (Å²) in [5, 5.41) is 2.97. The van der Waals surface area contributed by atoms with Crippen LogP contribution in [-0.4, -0.2) is 22.4 Å². The first kappa shape index (κ1) is 11.7. The number of rotatable bonds is 4. The number of nitrogens with one attached hydrogen (secondary N) is 2. The van der Waals surface area contributed by atoms with Crippen LogP contribution in [0, 0.1) is 5.92 Å². The highest BCUT2D eigenvalue weighted by Gasteiger charge is 2.29. The second-order valence-electron chi connectivity index (χ2n) is 4.66. The Labute approximate surface area is 113 Å². The molecule has 4 nitrogen and oxygen atoms in total. The van der Waals surface area contributed by atoms with Crippen LogP contribution in [0.3, 0.4) is 0 Å². The van der Waals surface area contributed by atoms with Crippen LogP contribution in [0.1, 0.15) is 18.4 Å². The van der Waals surface area contributed by atoms with Crippen LogP contribution in [-0.2, 0) is 11.2 Å². The van der Waals surface area contributed by atoms with Crippen LogP contribution in [0.2, 0.25) is 0 Å². The topological polar surface area (TPSA) is 57.8 Å². The number of nitrogens with zero attached hydrogens (tertiary/aromatic N) is 1. The van der Waals surface area contributed by atoms with Crippen LogP contribution in [0.25, 0.3) is 11.0 Å². The Bertz CT molecular complexity index is 589. The number of halogens is 1.